The second kappa shape index (κ2) is 5.40. The van der Waals surface area contributed by atoms with Crippen LogP contribution in [0.4, 0.5) is 5.95 Å². The predicted octanol–water partition coefficient (Wildman–Crippen LogP) is 4.02. The van der Waals surface area contributed by atoms with Crippen LogP contribution in [0.15, 0.2) is 47.6 Å². The van der Waals surface area contributed by atoms with E-state index in [1.54, 1.807) is 0 Å². The van der Waals surface area contributed by atoms with Gasteiger partial charge in [0.25, 0.3) is 0 Å². The van der Waals surface area contributed by atoms with Gasteiger partial charge in [0.15, 0.2) is 0 Å². The molecule has 21 heavy (non-hydrogen) atoms. The van der Waals surface area contributed by atoms with Crippen LogP contribution in [0.3, 0.4) is 0 Å². The number of aromatic amines is 1. The number of hydrogen-bond donors (Lipinski definition) is 2. The van der Waals surface area contributed by atoms with Crippen molar-refractivity contribution >= 4 is 22.7 Å². The van der Waals surface area contributed by atoms with Crippen LogP contribution in [-0.4, -0.2) is 15.7 Å². The fraction of sp³-hybridized carbons (Fsp3) is 0.176. The standard InChI is InChI=1S/C17H18N4/c1-11-8-9-14(10-12(11)2)13(3)20-21-17-18-15-6-4-5-7-16(15)19-17/h4-10H,1-3H3,(H2,18,19,21)/b20-13-. The Morgan fingerprint density at radius 2 is 1.90 bits per heavy atom. The molecule has 3 aromatic rings. The normalized spacial score (nSPS) is 11.9. The minimum absolute atomic E-state index is 0.652. The maximum Gasteiger partial charge on any atom is 0.222 e. The van der Waals surface area contributed by atoms with E-state index in [1.165, 1.54) is 11.1 Å². The molecule has 0 fully saturated rings. The molecule has 1 aromatic heterocycles. The zero-order chi connectivity index (χ0) is 14.8. The highest BCUT2D eigenvalue weighted by Gasteiger charge is 2.02. The Morgan fingerprint density at radius 1 is 1.10 bits per heavy atom. The molecule has 0 atom stereocenters. The Kier molecular flexibility index (Phi) is 3.44. The fourth-order valence-electron chi connectivity index (χ4n) is 2.17. The van der Waals surface area contributed by atoms with E-state index in [-0.39, 0.29) is 0 Å². The summed E-state index contributed by atoms with van der Waals surface area (Å²) < 4.78 is 0. The Bertz CT molecular complexity index is 782. The molecule has 0 radical (unpaired) electrons. The van der Waals surface area contributed by atoms with Crippen molar-refractivity contribution in [3.63, 3.8) is 0 Å². The van der Waals surface area contributed by atoms with Crippen LogP contribution in [0, 0.1) is 13.8 Å². The lowest BCUT2D eigenvalue weighted by molar-refractivity contribution is 1.20. The molecule has 4 heteroatoms. The number of benzene rings is 2. The van der Waals surface area contributed by atoms with Gasteiger partial charge in [-0.1, -0.05) is 24.3 Å². The molecule has 0 saturated carbocycles. The number of para-hydroxylation sites is 2. The first-order valence-corrected chi connectivity index (χ1v) is 6.96. The van der Waals surface area contributed by atoms with Crippen LogP contribution >= 0.6 is 0 Å². The number of hydrazone groups is 1. The van der Waals surface area contributed by atoms with Crippen molar-refractivity contribution in [1.29, 1.82) is 0 Å². The molecule has 0 bridgehead atoms. The van der Waals surface area contributed by atoms with Crippen LogP contribution < -0.4 is 5.43 Å². The molecule has 106 valence electrons. The molecule has 1 heterocycles. The molecule has 0 amide bonds. The van der Waals surface area contributed by atoms with Gasteiger partial charge in [-0.25, -0.2) is 10.4 Å². The van der Waals surface area contributed by atoms with Crippen molar-refractivity contribution in [3.05, 3.63) is 59.2 Å². The molecule has 4 nitrogen and oxygen atoms in total. The van der Waals surface area contributed by atoms with Crippen molar-refractivity contribution in [1.82, 2.24) is 9.97 Å². The summed E-state index contributed by atoms with van der Waals surface area (Å²) in [7, 11) is 0. The van der Waals surface area contributed by atoms with E-state index in [4.69, 9.17) is 0 Å². The number of aryl methyl sites for hydroxylation is 2. The van der Waals surface area contributed by atoms with E-state index in [2.05, 4.69) is 52.5 Å². The van der Waals surface area contributed by atoms with Crippen LogP contribution in [0.5, 0.6) is 0 Å². The molecule has 3 rings (SSSR count). The van der Waals surface area contributed by atoms with Crippen molar-refractivity contribution in [2.45, 2.75) is 20.8 Å². The number of rotatable bonds is 3. The Balaban J connectivity index is 1.82. The fourth-order valence-corrected chi connectivity index (χ4v) is 2.17. The smallest absolute Gasteiger partial charge is 0.222 e. The molecule has 0 aliphatic heterocycles. The summed E-state index contributed by atoms with van der Waals surface area (Å²) in [6.07, 6.45) is 0. The van der Waals surface area contributed by atoms with E-state index < -0.39 is 0 Å². The average Bonchev–Trinajstić information content (AvgIpc) is 2.90. The molecule has 0 spiro atoms. The molecule has 0 saturated heterocycles. The summed E-state index contributed by atoms with van der Waals surface area (Å²) in [6, 6.07) is 14.3. The summed E-state index contributed by atoms with van der Waals surface area (Å²) in [5.74, 6) is 0.652. The summed E-state index contributed by atoms with van der Waals surface area (Å²) >= 11 is 0. The monoisotopic (exact) mass is 278 g/mol. The van der Waals surface area contributed by atoms with E-state index in [1.807, 2.05) is 31.2 Å². The van der Waals surface area contributed by atoms with Crippen LogP contribution in [0.25, 0.3) is 11.0 Å². The van der Waals surface area contributed by atoms with Crippen LogP contribution in [-0.2, 0) is 0 Å². The number of imidazole rings is 1. The molecule has 2 N–H and O–H groups in total. The zero-order valence-corrected chi connectivity index (χ0v) is 12.4. The number of anilines is 1. The van der Waals surface area contributed by atoms with Crippen LogP contribution in [0.1, 0.15) is 23.6 Å². The molecular formula is C17H18N4. The largest absolute Gasteiger partial charge is 0.323 e. The van der Waals surface area contributed by atoms with Gasteiger partial charge in [-0.05, 0) is 55.7 Å². The van der Waals surface area contributed by atoms with Gasteiger partial charge in [0.1, 0.15) is 0 Å². The first kappa shape index (κ1) is 13.4. The molecular weight excluding hydrogens is 260 g/mol. The molecule has 0 aliphatic carbocycles. The highest BCUT2D eigenvalue weighted by Crippen LogP contribution is 2.14. The van der Waals surface area contributed by atoms with Crippen molar-refractivity contribution in [2.75, 3.05) is 5.43 Å². The topological polar surface area (TPSA) is 53.1 Å². The number of H-pyrrole nitrogens is 1. The third kappa shape index (κ3) is 2.79. The Labute approximate surface area is 123 Å². The third-order valence-electron chi connectivity index (χ3n) is 3.64. The van der Waals surface area contributed by atoms with Crippen molar-refractivity contribution in [3.8, 4) is 0 Å². The number of aromatic nitrogens is 2. The van der Waals surface area contributed by atoms with Gasteiger partial charge in [0.2, 0.25) is 5.95 Å². The highest BCUT2D eigenvalue weighted by atomic mass is 15.4. The first-order valence-electron chi connectivity index (χ1n) is 6.96. The van der Waals surface area contributed by atoms with Gasteiger partial charge in [-0.15, -0.1) is 0 Å². The second-order valence-corrected chi connectivity index (χ2v) is 5.21. The minimum Gasteiger partial charge on any atom is -0.323 e. The van der Waals surface area contributed by atoms with Gasteiger partial charge in [0, 0.05) is 0 Å². The predicted molar refractivity (Wildman–Crippen MR) is 87.8 cm³/mol. The molecule has 0 unspecified atom stereocenters. The van der Waals surface area contributed by atoms with Crippen molar-refractivity contribution < 1.29 is 0 Å². The van der Waals surface area contributed by atoms with E-state index in [0.29, 0.717) is 5.95 Å². The lowest BCUT2D eigenvalue weighted by Gasteiger charge is -2.05. The van der Waals surface area contributed by atoms with Gasteiger partial charge < -0.3 is 4.98 Å². The molecule has 0 aliphatic rings. The van der Waals surface area contributed by atoms with E-state index in [9.17, 15) is 0 Å². The molecule has 2 aromatic carbocycles. The maximum absolute atomic E-state index is 4.44. The average molecular weight is 278 g/mol. The van der Waals surface area contributed by atoms with Crippen LogP contribution in [0.2, 0.25) is 0 Å². The summed E-state index contributed by atoms with van der Waals surface area (Å²) in [6.45, 7) is 6.21. The minimum atomic E-state index is 0.652. The van der Waals surface area contributed by atoms with Gasteiger partial charge >= 0.3 is 0 Å². The van der Waals surface area contributed by atoms with Gasteiger partial charge in [0.05, 0.1) is 16.7 Å². The first-order chi connectivity index (χ1) is 10.1. The highest BCUT2D eigenvalue weighted by molar-refractivity contribution is 5.99. The summed E-state index contributed by atoms with van der Waals surface area (Å²) in [5.41, 5.74) is 9.52. The van der Waals surface area contributed by atoms with Gasteiger partial charge in [-0.3, -0.25) is 0 Å². The Hall–Kier alpha value is -2.62. The number of hydrogen-bond acceptors (Lipinski definition) is 3. The zero-order valence-electron chi connectivity index (χ0n) is 12.4. The quantitative estimate of drug-likeness (QED) is 0.561. The maximum atomic E-state index is 4.44. The second-order valence-electron chi connectivity index (χ2n) is 5.21. The third-order valence-corrected chi connectivity index (χ3v) is 3.64. The van der Waals surface area contributed by atoms with Crippen molar-refractivity contribution in [2.24, 2.45) is 5.10 Å². The SMILES string of the molecule is C/C(=N/Nc1nc2ccccc2[nH]1)c1ccc(C)c(C)c1. The van der Waals surface area contributed by atoms with E-state index >= 15 is 0 Å². The lowest BCUT2D eigenvalue weighted by atomic mass is 10.0. The lowest BCUT2D eigenvalue weighted by Crippen LogP contribution is -2.01. The summed E-state index contributed by atoms with van der Waals surface area (Å²) in [5, 5.41) is 4.40. The number of nitrogens with zero attached hydrogens (tertiary/aromatic N) is 2. The number of nitrogens with one attached hydrogen (secondary N) is 2. The summed E-state index contributed by atoms with van der Waals surface area (Å²) in [4.78, 5) is 7.63. The Morgan fingerprint density at radius 3 is 2.67 bits per heavy atom. The number of fused-ring (bicyclic) bond motifs is 1. The van der Waals surface area contributed by atoms with E-state index in [0.717, 1.165) is 22.3 Å². The van der Waals surface area contributed by atoms with Gasteiger partial charge in [-0.2, -0.15) is 5.10 Å².